The maximum atomic E-state index is 14.3. The first kappa shape index (κ1) is 71.7. The third kappa shape index (κ3) is 27.6. The molecule has 10 amide bonds. The molecular weight excluding hydrogens is 1010 g/mol. The molecule has 0 aromatic rings. The van der Waals surface area contributed by atoms with Crippen LogP contribution in [-0.2, 0) is 47.9 Å². The molecule has 1 rings (SSSR count). The Hall–Kier alpha value is -5.34. The number of carbonyl (C=O) groups is 10. The number of hydrogen-bond acceptors (Lipinski definition) is 11. The van der Waals surface area contributed by atoms with Gasteiger partial charge >= 0.3 is 0 Å². The topological polar surface area (TPSA) is 285 Å². The summed E-state index contributed by atoms with van der Waals surface area (Å²) in [6.07, 6.45) is 10.8. The van der Waals surface area contributed by atoms with Crippen LogP contribution in [0, 0.1) is 17.8 Å². The first-order chi connectivity index (χ1) is 36.8. The highest BCUT2D eigenvalue weighted by atomic mass is 16.2. The molecule has 454 valence electrons. The summed E-state index contributed by atoms with van der Waals surface area (Å²) in [6.45, 7) is 26.0. The number of nitrogens with zero attached hydrogens (tertiary/aromatic N) is 2. The number of rotatable bonds is 38. The van der Waals surface area contributed by atoms with E-state index in [0.717, 1.165) is 51.4 Å². The van der Waals surface area contributed by atoms with Crippen molar-refractivity contribution < 1.29 is 47.9 Å². The van der Waals surface area contributed by atoms with Gasteiger partial charge in [0.1, 0.15) is 46.8 Å². The van der Waals surface area contributed by atoms with E-state index in [1.54, 1.807) is 4.90 Å². The summed E-state index contributed by atoms with van der Waals surface area (Å²) in [5.41, 5.74) is -4.63. The second-order valence-corrected chi connectivity index (χ2v) is 24.8. The number of amides is 10. The molecule has 1 saturated heterocycles. The highest BCUT2D eigenvalue weighted by Gasteiger charge is 2.41. The van der Waals surface area contributed by atoms with E-state index in [0.29, 0.717) is 51.7 Å². The minimum absolute atomic E-state index is 0.0410. The van der Waals surface area contributed by atoms with Gasteiger partial charge in [0.25, 0.3) is 0 Å². The van der Waals surface area contributed by atoms with Gasteiger partial charge in [-0.2, -0.15) is 0 Å². The highest BCUT2D eigenvalue weighted by Crippen LogP contribution is 2.21. The summed E-state index contributed by atoms with van der Waals surface area (Å²) in [4.78, 5) is 141. The molecule has 1 aliphatic heterocycles. The van der Waals surface area contributed by atoms with Crippen molar-refractivity contribution in [3.05, 3.63) is 0 Å². The van der Waals surface area contributed by atoms with E-state index in [9.17, 15) is 47.9 Å². The van der Waals surface area contributed by atoms with Gasteiger partial charge in [0.15, 0.2) is 0 Å². The number of hydrogen-bond donors (Lipinski definition) is 9. The van der Waals surface area contributed by atoms with Gasteiger partial charge in [-0.3, -0.25) is 47.9 Å². The predicted molar refractivity (Wildman–Crippen MR) is 309 cm³/mol. The third-order valence-corrected chi connectivity index (χ3v) is 13.9. The van der Waals surface area contributed by atoms with Gasteiger partial charge in [0.05, 0.1) is 0 Å². The number of unbranched alkanes of at least 4 members (excludes halogenated alkanes) is 7. The molecule has 0 aromatic carbocycles. The lowest BCUT2D eigenvalue weighted by Gasteiger charge is -2.34. The largest absolute Gasteiger partial charge is 0.355 e. The van der Waals surface area contributed by atoms with Gasteiger partial charge in [-0.15, -0.1) is 0 Å². The lowest BCUT2D eigenvalue weighted by atomic mass is 9.96. The Balaban J connectivity index is 3.24. The summed E-state index contributed by atoms with van der Waals surface area (Å²) < 4.78 is 0. The Kier molecular flexibility index (Phi) is 32.1. The van der Waals surface area contributed by atoms with E-state index in [-0.39, 0.29) is 61.8 Å². The van der Waals surface area contributed by atoms with E-state index in [1.807, 2.05) is 60.5 Å². The quantitative estimate of drug-likeness (QED) is 0.0394. The number of likely N-dealkylation sites (N-methyl/N-ethyl adjacent to an activating group) is 1. The summed E-state index contributed by atoms with van der Waals surface area (Å²) >= 11 is 0. The van der Waals surface area contributed by atoms with E-state index in [4.69, 9.17) is 0 Å². The van der Waals surface area contributed by atoms with Gasteiger partial charge in [-0.05, 0) is 118 Å². The Morgan fingerprint density at radius 2 is 0.975 bits per heavy atom. The molecule has 0 saturated carbocycles. The second-order valence-electron chi connectivity index (χ2n) is 24.8. The molecule has 21 nitrogen and oxygen atoms in total. The fraction of sp³-hybridized carbons (Fsp3) is 0.828. The van der Waals surface area contributed by atoms with Crippen molar-refractivity contribution in [2.75, 3.05) is 40.3 Å². The van der Waals surface area contributed by atoms with Crippen molar-refractivity contribution in [1.82, 2.24) is 57.7 Å². The molecule has 1 heterocycles. The molecule has 79 heavy (non-hydrogen) atoms. The van der Waals surface area contributed by atoms with Crippen LogP contribution in [0.15, 0.2) is 0 Å². The molecular formula is C58H107N11O10. The molecule has 5 atom stereocenters. The fourth-order valence-corrected chi connectivity index (χ4v) is 9.08. The Morgan fingerprint density at radius 1 is 0.506 bits per heavy atom. The van der Waals surface area contributed by atoms with Gasteiger partial charge in [0, 0.05) is 39.0 Å². The van der Waals surface area contributed by atoms with Crippen molar-refractivity contribution in [2.45, 2.75) is 253 Å². The Bertz CT molecular complexity index is 1990. The van der Waals surface area contributed by atoms with Crippen LogP contribution < -0.4 is 47.9 Å². The Morgan fingerprint density at radius 3 is 1.49 bits per heavy atom. The van der Waals surface area contributed by atoms with E-state index in [1.165, 1.54) is 41.5 Å². The number of likely N-dealkylation sites (tertiary alicyclic amines) is 1. The van der Waals surface area contributed by atoms with Crippen LogP contribution in [0.3, 0.4) is 0 Å². The van der Waals surface area contributed by atoms with E-state index in [2.05, 4.69) is 61.7 Å². The van der Waals surface area contributed by atoms with Crippen LogP contribution in [0.1, 0.15) is 206 Å². The minimum atomic E-state index is -1.62. The van der Waals surface area contributed by atoms with Crippen LogP contribution in [0.4, 0.5) is 0 Å². The molecule has 21 heteroatoms. The molecule has 0 aromatic heterocycles. The van der Waals surface area contributed by atoms with Crippen molar-refractivity contribution >= 4 is 59.1 Å². The smallest absolute Gasteiger partial charge is 0.246 e. The lowest BCUT2D eigenvalue weighted by molar-refractivity contribution is -0.140. The highest BCUT2D eigenvalue weighted by molar-refractivity contribution is 6.00. The van der Waals surface area contributed by atoms with Crippen LogP contribution in [0.5, 0.6) is 0 Å². The average molecular weight is 1120 g/mol. The van der Waals surface area contributed by atoms with Gasteiger partial charge in [-0.25, -0.2) is 0 Å². The molecule has 0 bridgehead atoms. The minimum Gasteiger partial charge on any atom is -0.355 e. The van der Waals surface area contributed by atoms with Crippen LogP contribution >= 0.6 is 0 Å². The van der Waals surface area contributed by atoms with Crippen molar-refractivity contribution in [1.29, 1.82) is 0 Å². The lowest BCUT2D eigenvalue weighted by Crippen LogP contribution is -2.65. The zero-order chi connectivity index (χ0) is 60.3. The predicted octanol–water partition coefficient (Wildman–Crippen LogP) is 4.25. The summed E-state index contributed by atoms with van der Waals surface area (Å²) in [7, 11) is 3.78. The van der Waals surface area contributed by atoms with Crippen LogP contribution in [0.2, 0.25) is 0 Å². The number of carbonyl (C=O) groups excluding carboxylic acids is 10. The second kappa shape index (κ2) is 35.4. The summed E-state index contributed by atoms with van der Waals surface area (Å²) in [5, 5.41) is 25.1. The zero-order valence-electron chi connectivity index (χ0n) is 51.4. The van der Waals surface area contributed by atoms with Crippen molar-refractivity contribution in [3.63, 3.8) is 0 Å². The summed E-state index contributed by atoms with van der Waals surface area (Å²) in [5.74, 6) is -5.44. The van der Waals surface area contributed by atoms with Crippen LogP contribution in [-0.4, -0.2) is 156 Å². The maximum Gasteiger partial charge on any atom is 0.246 e. The SMILES string of the molecule is CCCCCCCCC(NC(=O)[C@@H]1CCCN1C(=O)CCCCC)C(=O)NC(CC(C)C)C(=O)NC(C)(C)C(=O)NC(CC(C)C)C(=O)NC(CC(C)C)C(=O)NC(C)(C)C(=O)NC(C)(C)C(=O)NCCC(=O)NCCN(C)C. The normalized spacial score (nSPS) is 15.4. The first-order valence-corrected chi connectivity index (χ1v) is 29.5. The monoisotopic (exact) mass is 1120 g/mol. The Labute approximate surface area is 474 Å². The molecule has 1 fully saturated rings. The molecule has 1 aliphatic rings. The zero-order valence-corrected chi connectivity index (χ0v) is 51.4. The molecule has 0 spiro atoms. The molecule has 0 aliphatic carbocycles. The van der Waals surface area contributed by atoms with Crippen LogP contribution in [0.25, 0.3) is 0 Å². The van der Waals surface area contributed by atoms with E-state index >= 15 is 0 Å². The molecule has 4 unspecified atom stereocenters. The molecule has 0 radical (unpaired) electrons. The third-order valence-electron chi connectivity index (χ3n) is 13.9. The maximum absolute atomic E-state index is 14.3. The van der Waals surface area contributed by atoms with Crippen molar-refractivity contribution in [2.24, 2.45) is 17.8 Å². The molecule has 9 N–H and O–H groups in total. The van der Waals surface area contributed by atoms with Gasteiger partial charge in [0.2, 0.25) is 59.1 Å². The van der Waals surface area contributed by atoms with E-state index < -0.39 is 94.1 Å². The van der Waals surface area contributed by atoms with Gasteiger partial charge < -0.3 is 57.7 Å². The fourth-order valence-electron chi connectivity index (χ4n) is 9.08. The van der Waals surface area contributed by atoms with Crippen molar-refractivity contribution in [3.8, 4) is 0 Å². The summed E-state index contributed by atoms with van der Waals surface area (Å²) in [6, 6.07) is -5.08. The number of nitrogens with one attached hydrogen (secondary N) is 9. The van der Waals surface area contributed by atoms with Gasteiger partial charge in [-0.1, -0.05) is 107 Å². The average Bonchev–Trinajstić information content (AvgIpc) is 3.84. The first-order valence-electron chi connectivity index (χ1n) is 29.5. The standard InChI is InChI=1S/C58H107N11O10/c1-17-19-21-22-23-25-27-41(61-52(76)45-28-26-33-69(45)47(71)29-24-20-18-2)48(72)62-43(36-39(5)6)50(74)65-57(11,12)54(78)64-42(35-38(3)4)49(73)63-44(37-40(7)8)51(75)66-58(13,14)55(79)67-56(9,10)53(77)60-31-30-46(70)59-32-34-68(15)16/h38-45H,17-37H2,1-16H3,(H,59,70)(H,60,77)(H,61,76)(H,62,72)(H,63,73)(H,64,78)(H,65,74)(H,66,75)(H,67,79)/t41?,42?,43?,44?,45-/m0/s1.